The van der Waals surface area contributed by atoms with Crippen LogP contribution >= 0.6 is 0 Å². The van der Waals surface area contributed by atoms with Gasteiger partial charge in [-0.25, -0.2) is 9.48 Å². The van der Waals surface area contributed by atoms with Gasteiger partial charge in [0, 0.05) is 0 Å². The average Bonchev–Trinajstić information content (AvgIpc) is 2.97. The van der Waals surface area contributed by atoms with Gasteiger partial charge in [0.15, 0.2) is 11.5 Å². The van der Waals surface area contributed by atoms with Gasteiger partial charge in [-0.3, -0.25) is 5.10 Å². The first kappa shape index (κ1) is 10.8. The molecule has 0 radical (unpaired) electrons. The average molecular weight is 232 g/mol. The van der Waals surface area contributed by atoms with Crippen LogP contribution in [0.5, 0.6) is 0 Å². The molecule has 86 valence electrons. The molecule has 0 saturated heterocycles. The van der Waals surface area contributed by atoms with Crippen molar-refractivity contribution >= 4 is 5.97 Å². The predicted molar refractivity (Wildman–Crippen MR) is 54.2 cm³/mol. The SMILES string of the molecule is CCOC(=O)c1cn(-c2[nH]ncc2C#N)nn1. The van der Waals surface area contributed by atoms with Crippen molar-refractivity contribution in [1.82, 2.24) is 25.2 Å². The number of ether oxygens (including phenoxy) is 1. The summed E-state index contributed by atoms with van der Waals surface area (Å²) in [6.45, 7) is 1.96. The largest absolute Gasteiger partial charge is 0.461 e. The highest BCUT2D eigenvalue weighted by Crippen LogP contribution is 2.08. The molecule has 2 rings (SSSR count). The van der Waals surface area contributed by atoms with E-state index in [0.29, 0.717) is 11.4 Å². The van der Waals surface area contributed by atoms with Gasteiger partial charge in [0.1, 0.15) is 11.6 Å². The maximum atomic E-state index is 11.4. The molecule has 0 aliphatic carbocycles. The van der Waals surface area contributed by atoms with Crippen molar-refractivity contribution in [1.29, 1.82) is 5.26 Å². The summed E-state index contributed by atoms with van der Waals surface area (Å²) >= 11 is 0. The lowest BCUT2D eigenvalue weighted by molar-refractivity contribution is 0.0519. The zero-order valence-corrected chi connectivity index (χ0v) is 8.91. The van der Waals surface area contributed by atoms with Gasteiger partial charge in [-0.05, 0) is 6.92 Å². The number of hydrogen-bond acceptors (Lipinski definition) is 6. The molecule has 8 heteroatoms. The number of hydrogen-bond donors (Lipinski definition) is 1. The number of carbonyl (C=O) groups excluding carboxylic acids is 1. The molecular formula is C9H8N6O2. The Balaban J connectivity index is 2.31. The molecule has 0 aromatic carbocycles. The second kappa shape index (κ2) is 4.44. The number of carbonyl (C=O) groups is 1. The number of nitrogens with one attached hydrogen (secondary N) is 1. The summed E-state index contributed by atoms with van der Waals surface area (Å²) in [4.78, 5) is 11.4. The van der Waals surface area contributed by atoms with Gasteiger partial charge in [-0.2, -0.15) is 10.4 Å². The van der Waals surface area contributed by atoms with Gasteiger partial charge in [-0.1, -0.05) is 5.21 Å². The summed E-state index contributed by atoms with van der Waals surface area (Å²) in [5, 5.41) is 22.5. The van der Waals surface area contributed by atoms with E-state index in [1.54, 1.807) is 6.92 Å². The van der Waals surface area contributed by atoms with Crippen molar-refractivity contribution in [2.45, 2.75) is 6.92 Å². The number of rotatable bonds is 3. The van der Waals surface area contributed by atoms with Crippen LogP contribution in [-0.2, 0) is 4.74 Å². The van der Waals surface area contributed by atoms with Gasteiger partial charge in [0.25, 0.3) is 0 Å². The lowest BCUT2D eigenvalue weighted by Gasteiger charge is -1.95. The maximum absolute atomic E-state index is 11.4. The Hall–Kier alpha value is -2.69. The minimum absolute atomic E-state index is 0.0744. The van der Waals surface area contributed by atoms with E-state index in [1.165, 1.54) is 17.1 Å². The van der Waals surface area contributed by atoms with Gasteiger partial charge >= 0.3 is 5.97 Å². The molecule has 0 bridgehead atoms. The summed E-state index contributed by atoms with van der Waals surface area (Å²) < 4.78 is 6.03. The number of esters is 1. The summed E-state index contributed by atoms with van der Waals surface area (Å²) in [6.07, 6.45) is 2.73. The lowest BCUT2D eigenvalue weighted by atomic mass is 10.3. The number of aromatic amines is 1. The van der Waals surface area contributed by atoms with Crippen LogP contribution in [0.1, 0.15) is 23.0 Å². The predicted octanol–water partition coefficient (Wildman–Crippen LogP) is 0.0388. The van der Waals surface area contributed by atoms with Crippen LogP contribution < -0.4 is 0 Å². The standard InChI is InChI=1S/C9H8N6O2/c1-2-17-9(16)7-5-15(14-12-7)8-6(3-10)4-11-13-8/h4-5H,2H2,1H3,(H,11,13). The van der Waals surface area contributed by atoms with Gasteiger partial charge in [-0.15, -0.1) is 5.10 Å². The number of nitrogens with zero attached hydrogens (tertiary/aromatic N) is 5. The number of H-pyrrole nitrogens is 1. The normalized spacial score (nSPS) is 9.88. The first-order chi connectivity index (χ1) is 8.26. The molecule has 0 aliphatic heterocycles. The van der Waals surface area contributed by atoms with Crippen LogP contribution in [-0.4, -0.2) is 37.8 Å². The molecule has 8 nitrogen and oxygen atoms in total. The second-order valence-electron chi connectivity index (χ2n) is 3.01. The summed E-state index contributed by atoms with van der Waals surface area (Å²) in [5.74, 6) is -0.202. The Morgan fingerprint density at radius 3 is 3.24 bits per heavy atom. The molecule has 0 fully saturated rings. The van der Waals surface area contributed by atoms with Crippen LogP contribution in [0.25, 0.3) is 5.82 Å². The van der Waals surface area contributed by atoms with Crippen molar-refractivity contribution in [2.75, 3.05) is 6.61 Å². The molecule has 0 unspecified atom stereocenters. The molecule has 0 atom stereocenters. The number of aromatic nitrogens is 5. The fourth-order valence-corrected chi connectivity index (χ4v) is 1.21. The van der Waals surface area contributed by atoms with Gasteiger partial charge in [0.2, 0.25) is 0 Å². The Morgan fingerprint density at radius 2 is 2.53 bits per heavy atom. The van der Waals surface area contributed by atoms with E-state index in [0.717, 1.165) is 0 Å². The highest BCUT2D eigenvalue weighted by atomic mass is 16.5. The van der Waals surface area contributed by atoms with Crippen LogP contribution in [0, 0.1) is 11.3 Å². The van der Waals surface area contributed by atoms with Crippen molar-refractivity contribution < 1.29 is 9.53 Å². The zero-order chi connectivity index (χ0) is 12.3. The van der Waals surface area contributed by atoms with E-state index < -0.39 is 5.97 Å². The van der Waals surface area contributed by atoms with Gasteiger partial charge < -0.3 is 4.74 Å². The maximum Gasteiger partial charge on any atom is 0.360 e. The quantitative estimate of drug-likeness (QED) is 0.748. The molecule has 0 saturated carbocycles. The molecule has 0 spiro atoms. The second-order valence-corrected chi connectivity index (χ2v) is 3.01. The van der Waals surface area contributed by atoms with E-state index in [4.69, 9.17) is 10.00 Å². The summed E-state index contributed by atoms with van der Waals surface area (Å²) in [6, 6.07) is 1.94. The van der Waals surface area contributed by atoms with Crippen LogP contribution in [0.15, 0.2) is 12.4 Å². The van der Waals surface area contributed by atoms with Gasteiger partial charge in [0.05, 0.1) is 19.0 Å². The van der Waals surface area contributed by atoms with Crippen molar-refractivity contribution in [3.63, 3.8) is 0 Å². The highest BCUT2D eigenvalue weighted by molar-refractivity contribution is 5.86. The third kappa shape index (κ3) is 1.98. The number of nitriles is 1. The molecule has 0 aliphatic rings. The van der Waals surface area contributed by atoms with Crippen molar-refractivity contribution in [2.24, 2.45) is 0 Å². The topological polar surface area (TPSA) is 109 Å². The fraction of sp³-hybridized carbons (Fsp3) is 0.222. The Bertz CT molecular complexity index is 578. The Labute approximate surface area is 95.8 Å². The molecule has 2 heterocycles. The zero-order valence-electron chi connectivity index (χ0n) is 8.91. The Kier molecular flexibility index (Phi) is 2.83. The molecule has 17 heavy (non-hydrogen) atoms. The smallest absolute Gasteiger partial charge is 0.360 e. The van der Waals surface area contributed by atoms with Crippen LogP contribution in [0.4, 0.5) is 0 Å². The minimum atomic E-state index is -0.559. The first-order valence-electron chi connectivity index (χ1n) is 4.79. The molecule has 2 aromatic rings. The van der Waals surface area contributed by atoms with Crippen molar-refractivity contribution in [3.8, 4) is 11.9 Å². The molecular weight excluding hydrogens is 224 g/mol. The van der Waals surface area contributed by atoms with E-state index in [2.05, 4.69) is 20.5 Å². The fourth-order valence-electron chi connectivity index (χ4n) is 1.21. The Morgan fingerprint density at radius 1 is 1.71 bits per heavy atom. The van der Waals surface area contributed by atoms with E-state index >= 15 is 0 Å². The monoisotopic (exact) mass is 232 g/mol. The van der Waals surface area contributed by atoms with Crippen LogP contribution in [0.3, 0.4) is 0 Å². The third-order valence-electron chi connectivity index (χ3n) is 1.95. The van der Waals surface area contributed by atoms with Crippen molar-refractivity contribution in [3.05, 3.63) is 23.7 Å². The lowest BCUT2D eigenvalue weighted by Crippen LogP contribution is -2.04. The summed E-state index contributed by atoms with van der Waals surface area (Å²) in [7, 11) is 0. The van der Waals surface area contributed by atoms with E-state index in [-0.39, 0.29) is 12.3 Å². The molecule has 1 N–H and O–H groups in total. The van der Waals surface area contributed by atoms with Crippen LogP contribution in [0.2, 0.25) is 0 Å². The van der Waals surface area contributed by atoms with E-state index in [9.17, 15) is 4.79 Å². The first-order valence-corrected chi connectivity index (χ1v) is 4.79. The third-order valence-corrected chi connectivity index (χ3v) is 1.95. The highest BCUT2D eigenvalue weighted by Gasteiger charge is 2.14. The molecule has 2 aromatic heterocycles. The van der Waals surface area contributed by atoms with E-state index in [1.807, 2.05) is 6.07 Å². The minimum Gasteiger partial charge on any atom is -0.461 e. The molecule has 0 amide bonds. The summed E-state index contributed by atoms with van der Waals surface area (Å²) in [5.41, 5.74) is 0.385.